The minimum atomic E-state index is -0.583. The van der Waals surface area contributed by atoms with Gasteiger partial charge in [-0.3, -0.25) is 4.68 Å². The summed E-state index contributed by atoms with van der Waals surface area (Å²) in [6.07, 6.45) is 1.55. The Balaban J connectivity index is 1.85. The van der Waals surface area contributed by atoms with E-state index < -0.39 is 11.6 Å². The first kappa shape index (κ1) is 22.7. The van der Waals surface area contributed by atoms with Crippen molar-refractivity contribution >= 4 is 12.1 Å². The van der Waals surface area contributed by atoms with E-state index in [9.17, 15) is 14.0 Å². The van der Waals surface area contributed by atoms with Crippen molar-refractivity contribution < 1.29 is 28.2 Å². The predicted molar refractivity (Wildman–Crippen MR) is 110 cm³/mol. The number of hydrogen-bond acceptors (Lipinski definition) is 6. The first-order valence-corrected chi connectivity index (χ1v) is 10.0. The minimum Gasteiger partial charge on any atom is -0.465 e. The first-order chi connectivity index (χ1) is 14.6. The quantitative estimate of drug-likeness (QED) is 0.673. The van der Waals surface area contributed by atoms with E-state index in [4.69, 9.17) is 14.2 Å². The van der Waals surface area contributed by atoms with Gasteiger partial charge in [-0.05, 0) is 50.5 Å². The molecule has 2 aromatic rings. The highest BCUT2D eigenvalue weighted by atomic mass is 19.1. The van der Waals surface area contributed by atoms with E-state index in [2.05, 4.69) is 5.10 Å². The molecule has 1 amide bonds. The fraction of sp³-hybridized carbons (Fsp3) is 0.500. The molecule has 0 fully saturated rings. The number of fused-ring (bicyclic) bond motifs is 1. The van der Waals surface area contributed by atoms with Crippen molar-refractivity contribution in [2.24, 2.45) is 0 Å². The van der Waals surface area contributed by atoms with Crippen LogP contribution in [0.3, 0.4) is 0 Å². The second kappa shape index (κ2) is 9.05. The number of rotatable bonds is 5. The van der Waals surface area contributed by atoms with Crippen LogP contribution >= 0.6 is 0 Å². The highest BCUT2D eigenvalue weighted by Crippen LogP contribution is 2.25. The maximum absolute atomic E-state index is 14.8. The van der Waals surface area contributed by atoms with Crippen LogP contribution in [0.1, 0.15) is 53.5 Å². The van der Waals surface area contributed by atoms with Gasteiger partial charge in [-0.1, -0.05) is 0 Å². The van der Waals surface area contributed by atoms with E-state index in [-0.39, 0.29) is 30.6 Å². The Morgan fingerprint density at radius 3 is 2.58 bits per heavy atom. The summed E-state index contributed by atoms with van der Waals surface area (Å²) >= 11 is 0. The number of esters is 1. The van der Waals surface area contributed by atoms with Gasteiger partial charge < -0.3 is 19.1 Å². The Labute approximate surface area is 180 Å². The van der Waals surface area contributed by atoms with Gasteiger partial charge in [0, 0.05) is 25.8 Å². The van der Waals surface area contributed by atoms with Gasteiger partial charge in [-0.2, -0.15) is 5.10 Å². The molecule has 9 heteroatoms. The Bertz CT molecular complexity index is 980. The van der Waals surface area contributed by atoms with Gasteiger partial charge in [0.15, 0.2) is 0 Å². The van der Waals surface area contributed by atoms with Gasteiger partial charge >= 0.3 is 12.1 Å². The van der Waals surface area contributed by atoms with Crippen molar-refractivity contribution in [3.63, 3.8) is 0 Å². The summed E-state index contributed by atoms with van der Waals surface area (Å²) in [5.41, 5.74) is 2.33. The molecule has 0 bridgehead atoms. The number of hydrogen-bond donors (Lipinski definition) is 0. The number of carbonyl (C=O) groups is 2. The molecular formula is C22H28FN3O5. The van der Waals surface area contributed by atoms with Gasteiger partial charge in [0.1, 0.15) is 17.0 Å². The number of halogens is 1. The van der Waals surface area contributed by atoms with Crippen LogP contribution in [0.25, 0.3) is 0 Å². The zero-order chi connectivity index (χ0) is 22.8. The average molecular weight is 433 g/mol. The average Bonchev–Trinajstić information content (AvgIpc) is 3.09. The number of carbonyl (C=O) groups excluding carboxylic acids is 2. The number of ether oxygens (including phenoxy) is 3. The fourth-order valence-corrected chi connectivity index (χ4v) is 3.51. The van der Waals surface area contributed by atoms with Crippen LogP contribution in [0, 0.1) is 5.82 Å². The Morgan fingerprint density at radius 2 is 1.94 bits per heavy atom. The van der Waals surface area contributed by atoms with Gasteiger partial charge in [0.25, 0.3) is 0 Å². The number of methoxy groups -OCH3 is 2. The van der Waals surface area contributed by atoms with E-state index in [1.165, 1.54) is 31.2 Å². The molecule has 0 radical (unpaired) electrons. The van der Waals surface area contributed by atoms with Crippen LogP contribution < -0.4 is 0 Å². The van der Waals surface area contributed by atoms with Crippen molar-refractivity contribution in [3.8, 4) is 0 Å². The molecule has 1 aromatic heterocycles. The largest absolute Gasteiger partial charge is 0.465 e. The zero-order valence-corrected chi connectivity index (χ0v) is 18.5. The standard InChI is InChI=1S/C22H28FN3O5/c1-22(2,3)31-21(28)25-7-6-14-9-18(23)16(8-15(14)11-25)12-26-19(13-29-4)17(10-24-26)20(27)30-5/h8-10H,6-7,11-13H2,1-5H3. The van der Waals surface area contributed by atoms with Gasteiger partial charge in [0.05, 0.1) is 32.2 Å². The topological polar surface area (TPSA) is 82.9 Å². The second-order valence-electron chi connectivity index (χ2n) is 8.45. The van der Waals surface area contributed by atoms with E-state index in [0.29, 0.717) is 30.8 Å². The Hall–Kier alpha value is -2.94. The van der Waals surface area contributed by atoms with E-state index in [1.54, 1.807) is 11.0 Å². The van der Waals surface area contributed by atoms with E-state index >= 15 is 0 Å². The molecule has 0 unspecified atom stereocenters. The lowest BCUT2D eigenvalue weighted by molar-refractivity contribution is 0.0223. The summed E-state index contributed by atoms with van der Waals surface area (Å²) in [5, 5.41) is 4.22. The normalized spacial score (nSPS) is 13.7. The van der Waals surface area contributed by atoms with Crippen molar-refractivity contribution in [2.45, 2.75) is 52.5 Å². The minimum absolute atomic E-state index is 0.112. The van der Waals surface area contributed by atoms with Gasteiger partial charge in [-0.15, -0.1) is 0 Å². The summed E-state index contributed by atoms with van der Waals surface area (Å²) in [6.45, 7) is 6.52. The van der Waals surface area contributed by atoms with Crippen molar-refractivity contribution in [3.05, 3.63) is 52.1 Å². The van der Waals surface area contributed by atoms with Crippen molar-refractivity contribution in [1.82, 2.24) is 14.7 Å². The third-order valence-corrected chi connectivity index (χ3v) is 4.99. The summed E-state index contributed by atoms with van der Waals surface area (Å²) in [6, 6.07) is 3.26. The molecule has 1 aliphatic rings. The number of amides is 1. The molecule has 0 atom stereocenters. The van der Waals surface area contributed by atoms with Crippen LogP contribution in [0.15, 0.2) is 18.3 Å². The van der Waals surface area contributed by atoms with Crippen LogP contribution in [0.4, 0.5) is 9.18 Å². The maximum Gasteiger partial charge on any atom is 0.410 e. The monoisotopic (exact) mass is 433 g/mol. The fourth-order valence-electron chi connectivity index (χ4n) is 3.51. The summed E-state index contributed by atoms with van der Waals surface area (Å²) in [5.74, 6) is -0.889. The number of nitrogens with zero attached hydrogens (tertiary/aromatic N) is 3. The molecule has 3 rings (SSSR count). The lowest BCUT2D eigenvalue weighted by atomic mass is 9.97. The molecule has 0 N–H and O–H groups in total. The molecule has 0 saturated heterocycles. The van der Waals surface area contributed by atoms with Crippen molar-refractivity contribution in [1.29, 1.82) is 0 Å². The molecule has 1 aromatic carbocycles. The number of benzene rings is 1. The van der Waals surface area contributed by atoms with Crippen LogP contribution in [0.5, 0.6) is 0 Å². The first-order valence-electron chi connectivity index (χ1n) is 10.0. The molecule has 0 aliphatic carbocycles. The molecular weight excluding hydrogens is 405 g/mol. The van der Waals surface area contributed by atoms with Gasteiger partial charge in [0.2, 0.25) is 0 Å². The molecule has 2 heterocycles. The number of aromatic nitrogens is 2. The second-order valence-corrected chi connectivity index (χ2v) is 8.45. The maximum atomic E-state index is 14.8. The Kier molecular flexibility index (Phi) is 6.64. The lowest BCUT2D eigenvalue weighted by Gasteiger charge is -2.31. The van der Waals surface area contributed by atoms with Crippen LogP contribution in [0.2, 0.25) is 0 Å². The van der Waals surface area contributed by atoms with Crippen LogP contribution in [-0.2, 0) is 40.3 Å². The zero-order valence-electron chi connectivity index (χ0n) is 18.5. The predicted octanol–water partition coefficient (Wildman–Crippen LogP) is 3.30. The summed E-state index contributed by atoms with van der Waals surface area (Å²) in [7, 11) is 2.79. The summed E-state index contributed by atoms with van der Waals surface area (Å²) < 4.78 is 31.8. The third kappa shape index (κ3) is 5.22. The van der Waals surface area contributed by atoms with E-state index in [1.807, 2.05) is 20.8 Å². The SMILES string of the molecule is COCc1c(C(=O)OC)cnn1Cc1cc2c(cc1F)CCN(C(=O)OC(C)(C)C)C2. The van der Waals surface area contributed by atoms with Crippen molar-refractivity contribution in [2.75, 3.05) is 20.8 Å². The molecule has 0 spiro atoms. The smallest absolute Gasteiger partial charge is 0.410 e. The molecule has 8 nitrogen and oxygen atoms in total. The van der Waals surface area contributed by atoms with Crippen LogP contribution in [-0.4, -0.2) is 53.1 Å². The molecule has 0 saturated carbocycles. The van der Waals surface area contributed by atoms with Gasteiger partial charge in [-0.25, -0.2) is 14.0 Å². The third-order valence-electron chi connectivity index (χ3n) is 4.99. The molecule has 1 aliphatic heterocycles. The molecule has 31 heavy (non-hydrogen) atoms. The Morgan fingerprint density at radius 1 is 1.19 bits per heavy atom. The lowest BCUT2D eigenvalue weighted by Crippen LogP contribution is -2.40. The highest BCUT2D eigenvalue weighted by Gasteiger charge is 2.27. The summed E-state index contributed by atoms with van der Waals surface area (Å²) in [4.78, 5) is 26.0. The van der Waals surface area contributed by atoms with E-state index in [0.717, 1.165) is 11.1 Å². The highest BCUT2D eigenvalue weighted by molar-refractivity contribution is 5.90. The molecule has 168 valence electrons.